The van der Waals surface area contributed by atoms with Crippen molar-refractivity contribution in [3.05, 3.63) is 52.3 Å². The number of rotatable bonds is 7. The number of halogens is 1. The minimum absolute atomic E-state index is 0.0665. The molecule has 1 aliphatic rings. The van der Waals surface area contributed by atoms with Crippen molar-refractivity contribution in [1.82, 2.24) is 4.98 Å². The summed E-state index contributed by atoms with van der Waals surface area (Å²) in [6.07, 6.45) is 1.13. The average Bonchev–Trinajstić information content (AvgIpc) is 2.68. The Hall–Kier alpha value is -2.67. The predicted octanol–water partition coefficient (Wildman–Crippen LogP) is 3.44. The van der Waals surface area contributed by atoms with Crippen LogP contribution in [0.2, 0.25) is 0 Å². The Labute approximate surface area is 163 Å². The van der Waals surface area contributed by atoms with Crippen molar-refractivity contribution in [2.24, 2.45) is 0 Å². The van der Waals surface area contributed by atoms with Crippen LogP contribution < -0.4 is 9.64 Å². The van der Waals surface area contributed by atoms with Gasteiger partial charge in [0, 0.05) is 25.1 Å². The largest absolute Gasteiger partial charge is 0.477 e. The SMILES string of the molecule is CCCOc1nc(N2CCOCC2)c(Cc2cccc(F)c2)c(C)c1C(=O)O. The molecule has 0 amide bonds. The molecular weight excluding hydrogens is 363 g/mol. The molecule has 1 N–H and O–H groups in total. The zero-order valence-electron chi connectivity index (χ0n) is 16.2. The molecule has 1 aromatic heterocycles. The molecule has 0 radical (unpaired) electrons. The molecule has 0 aliphatic carbocycles. The number of hydrogen-bond donors (Lipinski definition) is 1. The molecule has 3 rings (SSSR count). The van der Waals surface area contributed by atoms with Crippen LogP contribution in [-0.4, -0.2) is 49.0 Å². The van der Waals surface area contributed by atoms with E-state index in [1.54, 1.807) is 13.0 Å². The van der Waals surface area contributed by atoms with E-state index in [0.717, 1.165) is 17.5 Å². The molecule has 150 valence electrons. The molecular formula is C21H25FN2O4. The number of morpholine rings is 1. The summed E-state index contributed by atoms with van der Waals surface area (Å²) in [4.78, 5) is 18.6. The first-order valence-corrected chi connectivity index (χ1v) is 9.48. The number of aromatic carboxylic acids is 1. The second-order valence-corrected chi connectivity index (χ2v) is 6.78. The van der Waals surface area contributed by atoms with Crippen LogP contribution in [0.15, 0.2) is 24.3 Å². The van der Waals surface area contributed by atoms with Gasteiger partial charge in [0.2, 0.25) is 5.88 Å². The molecule has 1 saturated heterocycles. The number of carboxylic acid groups (broad SMARTS) is 1. The maximum atomic E-state index is 13.7. The molecule has 1 fully saturated rings. The highest BCUT2D eigenvalue weighted by atomic mass is 19.1. The minimum Gasteiger partial charge on any atom is -0.477 e. The zero-order chi connectivity index (χ0) is 20.1. The normalized spacial score (nSPS) is 14.2. The predicted molar refractivity (Wildman–Crippen MR) is 104 cm³/mol. The molecule has 1 aliphatic heterocycles. The summed E-state index contributed by atoms with van der Waals surface area (Å²) in [5, 5.41) is 9.77. The maximum Gasteiger partial charge on any atom is 0.341 e. The quantitative estimate of drug-likeness (QED) is 0.783. The Morgan fingerprint density at radius 3 is 2.75 bits per heavy atom. The van der Waals surface area contributed by atoms with Crippen LogP contribution in [0.25, 0.3) is 0 Å². The molecule has 0 atom stereocenters. The van der Waals surface area contributed by atoms with E-state index < -0.39 is 5.97 Å². The third kappa shape index (κ3) is 4.42. The van der Waals surface area contributed by atoms with Crippen LogP contribution in [0, 0.1) is 12.7 Å². The Kier molecular flexibility index (Phi) is 6.46. The van der Waals surface area contributed by atoms with Gasteiger partial charge in [-0.2, -0.15) is 4.98 Å². The fraction of sp³-hybridized carbons (Fsp3) is 0.429. The first kappa shape index (κ1) is 20.1. The van der Waals surface area contributed by atoms with Gasteiger partial charge >= 0.3 is 5.97 Å². The lowest BCUT2D eigenvalue weighted by Gasteiger charge is -2.31. The molecule has 7 heteroatoms. The van der Waals surface area contributed by atoms with E-state index in [4.69, 9.17) is 9.47 Å². The summed E-state index contributed by atoms with van der Waals surface area (Å²) >= 11 is 0. The third-order valence-electron chi connectivity index (χ3n) is 4.76. The third-order valence-corrected chi connectivity index (χ3v) is 4.76. The van der Waals surface area contributed by atoms with Crippen molar-refractivity contribution in [3.63, 3.8) is 0 Å². The number of ether oxygens (including phenoxy) is 2. The van der Waals surface area contributed by atoms with Gasteiger partial charge in [-0.1, -0.05) is 19.1 Å². The number of anilines is 1. The fourth-order valence-corrected chi connectivity index (χ4v) is 3.35. The van der Waals surface area contributed by atoms with Gasteiger partial charge in [0.15, 0.2) is 0 Å². The first-order chi connectivity index (χ1) is 13.5. The summed E-state index contributed by atoms with van der Waals surface area (Å²) in [6.45, 7) is 6.57. The molecule has 28 heavy (non-hydrogen) atoms. The van der Waals surface area contributed by atoms with Crippen molar-refractivity contribution >= 4 is 11.8 Å². The van der Waals surface area contributed by atoms with E-state index >= 15 is 0 Å². The standard InChI is InChI=1S/C21H25FN2O4/c1-3-9-28-20-18(21(25)26)14(2)17(13-15-5-4-6-16(22)12-15)19(23-20)24-7-10-27-11-8-24/h4-6,12H,3,7-11,13H2,1-2H3,(H,25,26). The fourth-order valence-electron chi connectivity index (χ4n) is 3.35. The van der Waals surface area contributed by atoms with Crippen LogP contribution in [-0.2, 0) is 11.2 Å². The van der Waals surface area contributed by atoms with Crippen molar-refractivity contribution in [2.75, 3.05) is 37.8 Å². The second-order valence-electron chi connectivity index (χ2n) is 6.78. The van der Waals surface area contributed by atoms with E-state index in [0.29, 0.717) is 50.7 Å². The minimum atomic E-state index is -1.08. The summed E-state index contributed by atoms with van der Waals surface area (Å²) in [7, 11) is 0. The van der Waals surface area contributed by atoms with Crippen molar-refractivity contribution in [2.45, 2.75) is 26.7 Å². The van der Waals surface area contributed by atoms with E-state index in [-0.39, 0.29) is 17.3 Å². The highest BCUT2D eigenvalue weighted by molar-refractivity contribution is 5.93. The number of pyridine rings is 1. The highest BCUT2D eigenvalue weighted by Crippen LogP contribution is 2.33. The van der Waals surface area contributed by atoms with Gasteiger partial charge < -0.3 is 19.5 Å². The summed E-state index contributed by atoms with van der Waals surface area (Å²) in [5.74, 6) is -0.583. The molecule has 0 unspecified atom stereocenters. The lowest BCUT2D eigenvalue weighted by Crippen LogP contribution is -2.37. The Bertz CT molecular complexity index is 851. The first-order valence-electron chi connectivity index (χ1n) is 9.48. The van der Waals surface area contributed by atoms with E-state index in [1.165, 1.54) is 12.1 Å². The second kappa shape index (κ2) is 9.01. The van der Waals surface area contributed by atoms with Gasteiger partial charge in [-0.25, -0.2) is 9.18 Å². The Morgan fingerprint density at radius 2 is 2.11 bits per heavy atom. The van der Waals surface area contributed by atoms with Crippen LogP contribution in [0.5, 0.6) is 5.88 Å². The molecule has 0 saturated carbocycles. The lowest BCUT2D eigenvalue weighted by molar-refractivity contribution is 0.0690. The van der Waals surface area contributed by atoms with Crippen LogP contribution >= 0.6 is 0 Å². The van der Waals surface area contributed by atoms with E-state index in [1.807, 2.05) is 13.0 Å². The Morgan fingerprint density at radius 1 is 1.36 bits per heavy atom. The van der Waals surface area contributed by atoms with Gasteiger partial charge in [-0.15, -0.1) is 0 Å². The Balaban J connectivity index is 2.12. The van der Waals surface area contributed by atoms with Gasteiger partial charge in [-0.3, -0.25) is 0 Å². The monoisotopic (exact) mass is 388 g/mol. The number of carboxylic acids is 1. The number of nitrogens with zero attached hydrogens (tertiary/aromatic N) is 2. The van der Waals surface area contributed by atoms with Gasteiger partial charge in [0.05, 0.1) is 19.8 Å². The van der Waals surface area contributed by atoms with Crippen molar-refractivity contribution < 1.29 is 23.8 Å². The van der Waals surface area contributed by atoms with Crippen LogP contribution in [0.1, 0.15) is 40.4 Å². The van der Waals surface area contributed by atoms with Crippen LogP contribution in [0.3, 0.4) is 0 Å². The average molecular weight is 388 g/mol. The molecule has 6 nitrogen and oxygen atoms in total. The number of benzene rings is 1. The summed E-state index contributed by atoms with van der Waals surface area (Å²) < 4.78 is 24.8. The molecule has 1 aromatic carbocycles. The lowest BCUT2D eigenvalue weighted by atomic mass is 9.97. The molecule has 0 bridgehead atoms. The number of aromatic nitrogens is 1. The molecule has 0 spiro atoms. The molecule has 2 heterocycles. The van der Waals surface area contributed by atoms with Crippen molar-refractivity contribution in [1.29, 1.82) is 0 Å². The van der Waals surface area contributed by atoms with Gasteiger partial charge in [0.25, 0.3) is 0 Å². The number of hydrogen-bond acceptors (Lipinski definition) is 5. The topological polar surface area (TPSA) is 71.9 Å². The maximum absolute atomic E-state index is 13.7. The van der Waals surface area contributed by atoms with Crippen LogP contribution in [0.4, 0.5) is 10.2 Å². The highest BCUT2D eigenvalue weighted by Gasteiger charge is 2.26. The number of carbonyl (C=O) groups is 1. The van der Waals surface area contributed by atoms with Gasteiger partial charge in [0.1, 0.15) is 17.2 Å². The van der Waals surface area contributed by atoms with E-state index in [9.17, 15) is 14.3 Å². The van der Waals surface area contributed by atoms with Gasteiger partial charge in [-0.05, 0) is 36.6 Å². The summed E-state index contributed by atoms with van der Waals surface area (Å²) in [5.41, 5.74) is 2.20. The van der Waals surface area contributed by atoms with E-state index in [2.05, 4.69) is 9.88 Å². The molecule has 2 aromatic rings. The van der Waals surface area contributed by atoms with Crippen molar-refractivity contribution in [3.8, 4) is 5.88 Å². The smallest absolute Gasteiger partial charge is 0.341 e. The zero-order valence-corrected chi connectivity index (χ0v) is 16.2. The summed E-state index contributed by atoms with van der Waals surface area (Å²) in [6, 6.07) is 6.33.